The molecule has 3 nitrogen and oxygen atoms in total. The lowest BCUT2D eigenvalue weighted by Crippen LogP contribution is -2.16. The van der Waals surface area contributed by atoms with E-state index in [4.69, 9.17) is 9.47 Å². The van der Waals surface area contributed by atoms with Crippen molar-refractivity contribution < 1.29 is 14.3 Å². The molecule has 106 valence electrons. The average Bonchev–Trinajstić information content (AvgIpc) is 2.79. The van der Waals surface area contributed by atoms with Gasteiger partial charge in [0.1, 0.15) is 5.75 Å². The van der Waals surface area contributed by atoms with Gasteiger partial charge in [0.05, 0.1) is 14.2 Å². The number of esters is 1. The zero-order valence-corrected chi connectivity index (χ0v) is 12.2. The summed E-state index contributed by atoms with van der Waals surface area (Å²) in [4.78, 5) is 12.0. The van der Waals surface area contributed by atoms with Crippen molar-refractivity contribution in [2.45, 2.75) is 32.1 Å². The Balaban J connectivity index is 2.17. The van der Waals surface area contributed by atoms with E-state index in [1.807, 2.05) is 6.07 Å². The van der Waals surface area contributed by atoms with E-state index >= 15 is 0 Å². The Morgan fingerprint density at radius 3 is 2.80 bits per heavy atom. The molecule has 0 heterocycles. The highest BCUT2D eigenvalue weighted by Gasteiger charge is 2.39. The van der Waals surface area contributed by atoms with Crippen LogP contribution >= 0.6 is 0 Å². The molecule has 0 aliphatic heterocycles. The number of hydrogen-bond acceptors (Lipinski definition) is 3. The van der Waals surface area contributed by atoms with Gasteiger partial charge in [-0.2, -0.15) is 0 Å². The van der Waals surface area contributed by atoms with Crippen molar-refractivity contribution >= 4 is 11.5 Å². The quantitative estimate of drug-likeness (QED) is 0.772. The number of fused-ring (bicyclic) bond motifs is 3. The Labute approximate surface area is 119 Å². The Hall–Kier alpha value is -1.77. The van der Waals surface area contributed by atoms with Crippen LogP contribution in [0.5, 0.6) is 5.75 Å². The predicted molar refractivity (Wildman–Crippen MR) is 77.7 cm³/mol. The van der Waals surface area contributed by atoms with Crippen LogP contribution in [0.1, 0.15) is 43.2 Å². The highest BCUT2D eigenvalue weighted by atomic mass is 16.5. The van der Waals surface area contributed by atoms with Crippen LogP contribution in [-0.2, 0) is 9.53 Å². The minimum absolute atomic E-state index is 0.166. The minimum atomic E-state index is -0.166. The fraction of sp³-hybridized carbons (Fsp3) is 0.471. The summed E-state index contributed by atoms with van der Waals surface area (Å²) in [7, 11) is 3.15. The summed E-state index contributed by atoms with van der Waals surface area (Å²) in [6, 6.07) is 6.18. The van der Waals surface area contributed by atoms with Gasteiger partial charge in [-0.3, -0.25) is 0 Å². The van der Waals surface area contributed by atoms with E-state index in [0.29, 0.717) is 11.8 Å². The molecule has 2 aliphatic carbocycles. The number of allylic oxidation sites excluding steroid dienone is 1. The normalized spacial score (nSPS) is 24.1. The third-order valence-corrected chi connectivity index (χ3v) is 4.71. The maximum Gasteiger partial charge on any atom is 0.334 e. The third kappa shape index (κ3) is 1.84. The van der Waals surface area contributed by atoms with Gasteiger partial charge in [-0.25, -0.2) is 4.79 Å². The first-order valence-corrected chi connectivity index (χ1v) is 7.17. The standard InChI is InChI=1S/C17H20O3/c1-10-12-5-4-6-14(17(18)20-3)16(12)13-8-7-11(19-2)9-15(10)13/h7-10,12H,4-6H2,1-3H3/t10-,12-/m0/s1. The smallest absolute Gasteiger partial charge is 0.334 e. The van der Waals surface area contributed by atoms with Crippen LogP contribution in [0.4, 0.5) is 0 Å². The van der Waals surface area contributed by atoms with Crippen LogP contribution in [0.2, 0.25) is 0 Å². The van der Waals surface area contributed by atoms with Gasteiger partial charge in [0.15, 0.2) is 0 Å². The lowest BCUT2D eigenvalue weighted by atomic mass is 9.80. The van der Waals surface area contributed by atoms with E-state index in [1.165, 1.54) is 23.8 Å². The fourth-order valence-electron chi connectivity index (χ4n) is 3.71. The van der Waals surface area contributed by atoms with Crippen molar-refractivity contribution in [1.82, 2.24) is 0 Å². The van der Waals surface area contributed by atoms with Crippen LogP contribution in [0, 0.1) is 5.92 Å². The number of benzene rings is 1. The van der Waals surface area contributed by atoms with Crippen LogP contribution in [0.3, 0.4) is 0 Å². The van der Waals surface area contributed by atoms with Crippen molar-refractivity contribution in [3.63, 3.8) is 0 Å². The third-order valence-electron chi connectivity index (χ3n) is 4.71. The van der Waals surface area contributed by atoms with Crippen molar-refractivity contribution in [2.75, 3.05) is 14.2 Å². The van der Waals surface area contributed by atoms with E-state index in [9.17, 15) is 4.79 Å². The fourth-order valence-corrected chi connectivity index (χ4v) is 3.71. The monoisotopic (exact) mass is 272 g/mol. The molecule has 0 unspecified atom stereocenters. The second kappa shape index (κ2) is 4.97. The van der Waals surface area contributed by atoms with Gasteiger partial charge >= 0.3 is 5.97 Å². The summed E-state index contributed by atoms with van der Waals surface area (Å²) in [6.45, 7) is 2.25. The number of rotatable bonds is 2. The lowest BCUT2D eigenvalue weighted by Gasteiger charge is -2.25. The first-order chi connectivity index (χ1) is 9.67. The molecular formula is C17H20O3. The molecule has 3 heteroatoms. The molecule has 0 spiro atoms. The largest absolute Gasteiger partial charge is 0.497 e. The summed E-state index contributed by atoms with van der Waals surface area (Å²) in [5.41, 5.74) is 4.60. The number of methoxy groups -OCH3 is 2. The molecule has 1 aromatic carbocycles. The highest BCUT2D eigenvalue weighted by Crippen LogP contribution is 2.53. The predicted octanol–water partition coefficient (Wildman–Crippen LogP) is 3.54. The summed E-state index contributed by atoms with van der Waals surface area (Å²) in [5.74, 6) is 1.60. The molecule has 1 aromatic rings. The summed E-state index contributed by atoms with van der Waals surface area (Å²) < 4.78 is 10.3. The van der Waals surface area contributed by atoms with E-state index < -0.39 is 0 Å². The summed E-state index contributed by atoms with van der Waals surface area (Å²) >= 11 is 0. The molecule has 0 N–H and O–H groups in total. The number of ether oxygens (including phenoxy) is 2. The van der Waals surface area contributed by atoms with Crippen LogP contribution in [-0.4, -0.2) is 20.2 Å². The lowest BCUT2D eigenvalue weighted by molar-refractivity contribution is -0.136. The highest BCUT2D eigenvalue weighted by molar-refractivity contribution is 6.00. The molecule has 0 saturated heterocycles. The van der Waals surface area contributed by atoms with E-state index in [2.05, 4.69) is 19.1 Å². The van der Waals surface area contributed by atoms with Gasteiger partial charge in [0.2, 0.25) is 0 Å². The minimum Gasteiger partial charge on any atom is -0.497 e. The van der Waals surface area contributed by atoms with Gasteiger partial charge in [-0.15, -0.1) is 0 Å². The van der Waals surface area contributed by atoms with E-state index in [1.54, 1.807) is 7.11 Å². The molecular weight excluding hydrogens is 252 g/mol. The maximum absolute atomic E-state index is 12.0. The number of hydrogen-bond donors (Lipinski definition) is 0. The SMILES string of the molecule is COC(=O)C1=C2c3ccc(OC)cc3[C@@H](C)[C@@H]2CCC1. The van der Waals surface area contributed by atoms with Gasteiger partial charge in [0, 0.05) is 5.57 Å². The molecule has 3 rings (SSSR count). The zero-order chi connectivity index (χ0) is 14.3. The number of carbonyl (C=O) groups is 1. The molecule has 0 aromatic heterocycles. The van der Waals surface area contributed by atoms with E-state index in [-0.39, 0.29) is 5.97 Å². The molecule has 0 saturated carbocycles. The van der Waals surface area contributed by atoms with E-state index in [0.717, 1.165) is 30.6 Å². The molecule has 0 radical (unpaired) electrons. The summed E-state index contributed by atoms with van der Waals surface area (Å²) in [6.07, 6.45) is 3.04. The van der Waals surface area contributed by atoms with Gasteiger partial charge in [-0.05, 0) is 59.9 Å². The average molecular weight is 272 g/mol. The molecule has 0 amide bonds. The molecule has 20 heavy (non-hydrogen) atoms. The van der Waals surface area contributed by atoms with Crippen molar-refractivity contribution in [2.24, 2.45) is 5.92 Å². The topological polar surface area (TPSA) is 35.5 Å². The molecule has 2 aliphatic rings. The van der Waals surface area contributed by atoms with Gasteiger partial charge in [0.25, 0.3) is 0 Å². The Morgan fingerprint density at radius 2 is 2.10 bits per heavy atom. The van der Waals surface area contributed by atoms with Crippen molar-refractivity contribution in [3.8, 4) is 5.75 Å². The Kier molecular flexibility index (Phi) is 3.28. The Bertz CT molecular complexity index is 586. The van der Waals surface area contributed by atoms with Crippen LogP contribution < -0.4 is 4.74 Å². The molecule has 0 fully saturated rings. The van der Waals surface area contributed by atoms with Gasteiger partial charge in [-0.1, -0.05) is 13.0 Å². The second-order valence-corrected chi connectivity index (χ2v) is 5.62. The Morgan fingerprint density at radius 1 is 1.30 bits per heavy atom. The number of carbonyl (C=O) groups excluding carboxylic acids is 1. The first-order valence-electron chi connectivity index (χ1n) is 7.17. The molecule has 0 bridgehead atoms. The van der Waals surface area contributed by atoms with Crippen LogP contribution in [0.25, 0.3) is 5.57 Å². The second-order valence-electron chi connectivity index (χ2n) is 5.62. The maximum atomic E-state index is 12.0. The van der Waals surface area contributed by atoms with Crippen molar-refractivity contribution in [1.29, 1.82) is 0 Å². The molecule has 2 atom stereocenters. The first kappa shape index (κ1) is 13.2. The van der Waals surface area contributed by atoms with Crippen LogP contribution in [0.15, 0.2) is 23.8 Å². The van der Waals surface area contributed by atoms with Crippen molar-refractivity contribution in [3.05, 3.63) is 34.9 Å². The summed E-state index contributed by atoms with van der Waals surface area (Å²) in [5, 5.41) is 0. The zero-order valence-electron chi connectivity index (χ0n) is 12.2. The van der Waals surface area contributed by atoms with Gasteiger partial charge < -0.3 is 9.47 Å².